The first kappa shape index (κ1) is 17.4. The van der Waals surface area contributed by atoms with Crippen LogP contribution in [-0.4, -0.2) is 42.7 Å². The Kier molecular flexibility index (Phi) is 4.24. The van der Waals surface area contributed by atoms with E-state index < -0.39 is 17.4 Å². The Bertz CT molecular complexity index is 883. The van der Waals surface area contributed by atoms with Gasteiger partial charge in [0.15, 0.2) is 0 Å². The van der Waals surface area contributed by atoms with Crippen LogP contribution < -0.4 is 20.7 Å². The molecule has 4 N–H and O–H groups in total. The first-order valence-electron chi connectivity index (χ1n) is 8.86. The Morgan fingerprint density at radius 2 is 2.00 bits per heavy atom. The van der Waals surface area contributed by atoms with Gasteiger partial charge >= 0.3 is 0 Å². The zero-order chi connectivity index (χ0) is 19.0. The molecular weight excluding hydrogens is 346 g/mol. The molecular formula is C20H21N3O4. The highest BCUT2D eigenvalue weighted by atomic mass is 16.5. The number of fused-ring (bicyclic) bond motifs is 2. The standard InChI is InChI=1S/C20H21N3O4/c21-18(25)17-11-20(15-3-1-2-4-16(15)22-19(20)26)12-23(17)13-5-7-14(8-6-13)27-10-9-24/h1-8,17,24H,9-12H2,(H2,21,25)(H,22,26). The quantitative estimate of drug-likeness (QED) is 0.732. The summed E-state index contributed by atoms with van der Waals surface area (Å²) in [4.78, 5) is 26.9. The van der Waals surface area contributed by atoms with Crippen molar-refractivity contribution in [1.82, 2.24) is 0 Å². The summed E-state index contributed by atoms with van der Waals surface area (Å²) < 4.78 is 5.38. The maximum absolute atomic E-state index is 12.8. The number of carbonyl (C=O) groups excluding carboxylic acids is 2. The van der Waals surface area contributed by atoms with Gasteiger partial charge in [-0.2, -0.15) is 0 Å². The van der Waals surface area contributed by atoms with Gasteiger partial charge in [0.25, 0.3) is 0 Å². The highest BCUT2D eigenvalue weighted by Gasteiger charge is 2.55. The van der Waals surface area contributed by atoms with Crippen molar-refractivity contribution < 1.29 is 19.4 Å². The molecule has 27 heavy (non-hydrogen) atoms. The number of carbonyl (C=O) groups is 2. The fraction of sp³-hybridized carbons (Fsp3) is 0.300. The predicted molar refractivity (Wildman–Crippen MR) is 101 cm³/mol. The summed E-state index contributed by atoms with van der Waals surface area (Å²) >= 11 is 0. The van der Waals surface area contributed by atoms with Crippen LogP contribution >= 0.6 is 0 Å². The van der Waals surface area contributed by atoms with E-state index >= 15 is 0 Å². The average molecular weight is 367 g/mol. The molecule has 2 aromatic rings. The highest BCUT2D eigenvalue weighted by Crippen LogP contribution is 2.47. The van der Waals surface area contributed by atoms with Crippen molar-refractivity contribution in [1.29, 1.82) is 0 Å². The Hall–Kier alpha value is -3.06. The fourth-order valence-corrected chi connectivity index (χ4v) is 4.06. The van der Waals surface area contributed by atoms with Crippen molar-refractivity contribution in [3.8, 4) is 5.75 Å². The number of benzene rings is 2. The molecule has 0 radical (unpaired) electrons. The zero-order valence-electron chi connectivity index (χ0n) is 14.7. The van der Waals surface area contributed by atoms with E-state index in [4.69, 9.17) is 15.6 Å². The summed E-state index contributed by atoms with van der Waals surface area (Å²) in [5.74, 6) is 0.0753. The van der Waals surface area contributed by atoms with Gasteiger partial charge in [-0.1, -0.05) is 18.2 Å². The minimum absolute atomic E-state index is 0.0608. The Morgan fingerprint density at radius 3 is 2.70 bits per heavy atom. The molecule has 2 aliphatic rings. The molecule has 2 heterocycles. The lowest BCUT2D eigenvalue weighted by atomic mass is 9.79. The molecule has 140 valence electrons. The average Bonchev–Trinajstić information content (AvgIpc) is 3.21. The number of nitrogens with one attached hydrogen (secondary N) is 1. The first-order valence-corrected chi connectivity index (χ1v) is 8.86. The van der Waals surface area contributed by atoms with E-state index in [1.54, 1.807) is 12.1 Å². The molecule has 7 nitrogen and oxygen atoms in total. The van der Waals surface area contributed by atoms with Gasteiger partial charge in [-0.25, -0.2) is 0 Å². The van der Waals surface area contributed by atoms with Crippen molar-refractivity contribution in [2.75, 3.05) is 30.0 Å². The summed E-state index contributed by atoms with van der Waals surface area (Å²) in [6.45, 7) is 0.530. The van der Waals surface area contributed by atoms with Crippen LogP contribution in [0.25, 0.3) is 0 Å². The number of aliphatic hydroxyl groups excluding tert-OH is 1. The molecule has 2 aliphatic heterocycles. The van der Waals surface area contributed by atoms with E-state index in [9.17, 15) is 9.59 Å². The molecule has 0 bridgehead atoms. The van der Waals surface area contributed by atoms with Gasteiger partial charge < -0.3 is 25.8 Å². The Balaban J connectivity index is 1.67. The number of hydrogen-bond acceptors (Lipinski definition) is 5. The number of nitrogens with zero attached hydrogens (tertiary/aromatic N) is 1. The third-order valence-electron chi connectivity index (χ3n) is 5.34. The largest absolute Gasteiger partial charge is 0.491 e. The van der Waals surface area contributed by atoms with Crippen molar-refractivity contribution in [2.24, 2.45) is 5.73 Å². The zero-order valence-corrected chi connectivity index (χ0v) is 14.7. The number of rotatable bonds is 5. The minimum Gasteiger partial charge on any atom is -0.491 e. The van der Waals surface area contributed by atoms with Gasteiger partial charge in [0.1, 0.15) is 18.4 Å². The van der Waals surface area contributed by atoms with Crippen LogP contribution in [-0.2, 0) is 15.0 Å². The number of anilines is 2. The van der Waals surface area contributed by atoms with Crippen LogP contribution in [0.2, 0.25) is 0 Å². The summed E-state index contributed by atoms with van der Waals surface area (Å²) in [7, 11) is 0. The molecule has 1 spiro atoms. The molecule has 2 amide bonds. The summed E-state index contributed by atoms with van der Waals surface area (Å²) in [5, 5.41) is 11.8. The van der Waals surface area contributed by atoms with Crippen molar-refractivity contribution in [3.63, 3.8) is 0 Å². The second-order valence-corrected chi connectivity index (χ2v) is 6.90. The van der Waals surface area contributed by atoms with Crippen LogP contribution in [0.15, 0.2) is 48.5 Å². The van der Waals surface area contributed by atoms with Gasteiger partial charge in [0.2, 0.25) is 11.8 Å². The van der Waals surface area contributed by atoms with Crippen molar-refractivity contribution in [2.45, 2.75) is 17.9 Å². The predicted octanol–water partition coefficient (Wildman–Crippen LogP) is 1.01. The van der Waals surface area contributed by atoms with Crippen molar-refractivity contribution in [3.05, 3.63) is 54.1 Å². The molecule has 4 rings (SSSR count). The molecule has 2 aromatic carbocycles. The molecule has 1 saturated heterocycles. The molecule has 0 saturated carbocycles. The third-order valence-corrected chi connectivity index (χ3v) is 5.34. The van der Waals surface area contributed by atoms with Gasteiger partial charge in [0, 0.05) is 17.9 Å². The van der Waals surface area contributed by atoms with Crippen LogP contribution in [0.1, 0.15) is 12.0 Å². The van der Waals surface area contributed by atoms with Gasteiger partial charge in [-0.15, -0.1) is 0 Å². The van der Waals surface area contributed by atoms with Gasteiger partial charge in [-0.3, -0.25) is 9.59 Å². The van der Waals surface area contributed by atoms with E-state index in [-0.39, 0.29) is 19.1 Å². The van der Waals surface area contributed by atoms with E-state index in [0.717, 1.165) is 16.9 Å². The number of nitrogens with two attached hydrogens (primary N) is 1. The smallest absolute Gasteiger partial charge is 0.240 e. The highest BCUT2D eigenvalue weighted by molar-refractivity contribution is 6.08. The summed E-state index contributed by atoms with van der Waals surface area (Å²) in [5.41, 5.74) is 7.38. The lowest BCUT2D eigenvalue weighted by Gasteiger charge is -2.25. The topological polar surface area (TPSA) is 105 Å². The first-order chi connectivity index (χ1) is 13.0. The fourth-order valence-electron chi connectivity index (χ4n) is 4.06. The Morgan fingerprint density at radius 1 is 1.26 bits per heavy atom. The van der Waals surface area contributed by atoms with Crippen molar-refractivity contribution >= 4 is 23.2 Å². The maximum Gasteiger partial charge on any atom is 0.240 e. The molecule has 7 heteroatoms. The number of ether oxygens (including phenoxy) is 1. The SMILES string of the molecule is NC(=O)C1CC2(CN1c1ccc(OCCO)cc1)C(=O)Nc1ccccc12. The second-order valence-electron chi connectivity index (χ2n) is 6.90. The van der Waals surface area contributed by atoms with E-state index in [1.165, 1.54) is 0 Å². The second kappa shape index (κ2) is 6.59. The number of amides is 2. The summed E-state index contributed by atoms with van der Waals surface area (Å²) in [6, 6.07) is 14.2. The maximum atomic E-state index is 12.8. The molecule has 2 unspecified atom stereocenters. The van der Waals surface area contributed by atoms with E-state index in [2.05, 4.69) is 5.32 Å². The monoisotopic (exact) mass is 367 g/mol. The van der Waals surface area contributed by atoms with Gasteiger partial charge in [-0.05, 0) is 42.3 Å². The van der Waals surface area contributed by atoms with E-state index in [1.807, 2.05) is 41.3 Å². The molecule has 1 fully saturated rings. The molecule has 0 aliphatic carbocycles. The van der Waals surface area contributed by atoms with Crippen LogP contribution in [0.4, 0.5) is 11.4 Å². The lowest BCUT2D eigenvalue weighted by molar-refractivity contribution is -0.120. The number of aliphatic hydroxyl groups is 1. The van der Waals surface area contributed by atoms with E-state index in [0.29, 0.717) is 18.7 Å². The van der Waals surface area contributed by atoms with Crippen LogP contribution in [0.5, 0.6) is 5.75 Å². The lowest BCUT2D eigenvalue weighted by Crippen LogP contribution is -2.40. The normalized spacial score (nSPS) is 23.4. The molecule has 0 aromatic heterocycles. The summed E-state index contributed by atoms with van der Waals surface area (Å²) in [6.07, 6.45) is 0.341. The molecule has 2 atom stereocenters. The Labute approximate surface area is 156 Å². The van der Waals surface area contributed by atoms with Gasteiger partial charge in [0.05, 0.1) is 12.0 Å². The van der Waals surface area contributed by atoms with Crippen LogP contribution in [0, 0.1) is 0 Å². The minimum atomic E-state index is -0.789. The number of hydrogen-bond donors (Lipinski definition) is 3. The third kappa shape index (κ3) is 2.80. The van der Waals surface area contributed by atoms with Crippen LogP contribution in [0.3, 0.4) is 0 Å². The number of para-hydroxylation sites is 1. The number of primary amides is 1.